The maximum Gasteiger partial charge on any atom is 0.318 e. The first-order chi connectivity index (χ1) is 11.7. The van der Waals surface area contributed by atoms with Gasteiger partial charge in [0, 0.05) is 23.7 Å². The lowest BCUT2D eigenvalue weighted by Gasteiger charge is -2.20. The smallest absolute Gasteiger partial charge is 0.318 e. The molecule has 0 aliphatic rings. The summed E-state index contributed by atoms with van der Waals surface area (Å²) in [5.74, 6) is -1.32. The van der Waals surface area contributed by atoms with Crippen molar-refractivity contribution in [3.05, 3.63) is 69.2 Å². The van der Waals surface area contributed by atoms with Gasteiger partial charge in [0.05, 0.1) is 9.82 Å². The number of carbonyl (C=O) groups is 1. The second kappa shape index (κ2) is 7.60. The van der Waals surface area contributed by atoms with Gasteiger partial charge in [0.1, 0.15) is 6.54 Å². The molecule has 0 aromatic heterocycles. The van der Waals surface area contributed by atoms with E-state index in [1.54, 1.807) is 24.3 Å². The number of hydrogen-bond acceptors (Lipinski definition) is 5. The highest BCUT2D eigenvalue weighted by atomic mass is 35.5. The molecular formula is C15H13ClN2O6S. The van der Waals surface area contributed by atoms with Gasteiger partial charge in [-0.1, -0.05) is 23.7 Å². The highest BCUT2D eigenvalue weighted by molar-refractivity contribution is 7.89. The summed E-state index contributed by atoms with van der Waals surface area (Å²) >= 11 is 5.78. The summed E-state index contributed by atoms with van der Waals surface area (Å²) in [6, 6.07) is 10.5. The molecule has 1 N–H and O–H groups in total. The fourth-order valence-corrected chi connectivity index (χ4v) is 3.56. The predicted molar refractivity (Wildman–Crippen MR) is 89.8 cm³/mol. The Morgan fingerprint density at radius 1 is 1.12 bits per heavy atom. The number of halogens is 1. The second-order valence-corrected chi connectivity index (χ2v) is 7.42. The minimum Gasteiger partial charge on any atom is -0.480 e. The van der Waals surface area contributed by atoms with Gasteiger partial charge >= 0.3 is 5.97 Å². The van der Waals surface area contributed by atoms with Crippen molar-refractivity contribution in [3.63, 3.8) is 0 Å². The van der Waals surface area contributed by atoms with Crippen molar-refractivity contribution in [3.8, 4) is 0 Å². The third-order valence-electron chi connectivity index (χ3n) is 3.27. The zero-order valence-electron chi connectivity index (χ0n) is 12.7. The molecule has 2 aromatic rings. The minimum atomic E-state index is -4.15. The Labute approximate surface area is 148 Å². The lowest BCUT2D eigenvalue weighted by atomic mass is 10.2. The van der Waals surface area contributed by atoms with Crippen LogP contribution in [-0.2, 0) is 21.4 Å². The standard InChI is InChI=1S/C15H13ClN2O6S/c16-12-3-1-11(2-4-12)9-17(10-15(19)20)25(23,24)14-7-5-13(6-8-14)18(21)22/h1-8H,9-10H2,(H,19,20). The normalized spacial score (nSPS) is 11.4. The van der Waals surface area contributed by atoms with Gasteiger partial charge < -0.3 is 5.11 Å². The molecule has 0 unspecified atom stereocenters. The number of benzene rings is 2. The summed E-state index contributed by atoms with van der Waals surface area (Å²) in [7, 11) is -4.15. The van der Waals surface area contributed by atoms with Crippen LogP contribution in [0.3, 0.4) is 0 Å². The lowest BCUT2D eigenvalue weighted by molar-refractivity contribution is -0.384. The molecule has 0 saturated carbocycles. The summed E-state index contributed by atoms with van der Waals surface area (Å²) in [4.78, 5) is 20.8. The summed E-state index contributed by atoms with van der Waals surface area (Å²) < 4.78 is 26.2. The van der Waals surface area contributed by atoms with Crippen molar-refractivity contribution in [2.45, 2.75) is 11.4 Å². The Morgan fingerprint density at radius 3 is 2.16 bits per heavy atom. The SMILES string of the molecule is O=C(O)CN(Cc1ccc(Cl)cc1)S(=O)(=O)c1ccc([N+](=O)[O-])cc1. The van der Waals surface area contributed by atoms with Crippen LogP contribution in [0.2, 0.25) is 5.02 Å². The Hall–Kier alpha value is -2.49. The molecule has 10 heteroatoms. The van der Waals surface area contributed by atoms with E-state index in [1.807, 2.05) is 0 Å². The van der Waals surface area contributed by atoms with Gasteiger partial charge in [-0.05, 0) is 29.8 Å². The van der Waals surface area contributed by atoms with Gasteiger partial charge in [0.25, 0.3) is 5.69 Å². The molecule has 0 aliphatic carbocycles. The Bertz CT molecular complexity index is 881. The molecule has 2 rings (SSSR count). The molecule has 0 spiro atoms. The van der Waals surface area contributed by atoms with Gasteiger partial charge in [-0.2, -0.15) is 4.31 Å². The molecule has 0 saturated heterocycles. The van der Waals surface area contributed by atoms with E-state index in [4.69, 9.17) is 16.7 Å². The van der Waals surface area contributed by atoms with Crippen molar-refractivity contribution >= 4 is 33.3 Å². The van der Waals surface area contributed by atoms with Crippen molar-refractivity contribution < 1.29 is 23.2 Å². The predicted octanol–water partition coefficient (Wildman–Crippen LogP) is 2.52. The molecule has 0 atom stereocenters. The number of carboxylic acid groups (broad SMARTS) is 1. The fourth-order valence-electron chi connectivity index (χ4n) is 2.06. The van der Waals surface area contributed by atoms with Gasteiger partial charge in [0.2, 0.25) is 10.0 Å². The molecule has 0 bridgehead atoms. The third-order valence-corrected chi connectivity index (χ3v) is 5.33. The highest BCUT2D eigenvalue weighted by Crippen LogP contribution is 2.21. The topological polar surface area (TPSA) is 118 Å². The fraction of sp³-hybridized carbons (Fsp3) is 0.133. The second-order valence-electron chi connectivity index (χ2n) is 5.04. The van der Waals surface area contributed by atoms with Gasteiger partial charge in [-0.15, -0.1) is 0 Å². The minimum absolute atomic E-state index is 0.178. The van der Waals surface area contributed by atoms with E-state index in [0.29, 0.717) is 10.6 Å². The first-order valence-corrected chi connectivity index (χ1v) is 8.73. The number of aliphatic carboxylic acids is 1. The summed E-state index contributed by atoms with van der Waals surface area (Å²) in [5.41, 5.74) is 0.289. The van der Waals surface area contributed by atoms with Crippen LogP contribution in [0.25, 0.3) is 0 Å². The number of nitro groups is 1. The number of carboxylic acids is 1. The zero-order valence-corrected chi connectivity index (χ0v) is 14.3. The number of nitrogens with zero attached hydrogens (tertiary/aromatic N) is 2. The lowest BCUT2D eigenvalue weighted by Crippen LogP contribution is -2.35. The van der Waals surface area contributed by atoms with Crippen molar-refractivity contribution in [2.24, 2.45) is 0 Å². The zero-order chi connectivity index (χ0) is 18.6. The summed E-state index contributed by atoms with van der Waals surface area (Å²) in [5, 5.41) is 20.1. The number of hydrogen-bond donors (Lipinski definition) is 1. The van der Waals surface area contributed by atoms with Crippen LogP contribution in [0.4, 0.5) is 5.69 Å². The van der Waals surface area contributed by atoms with Gasteiger partial charge in [0.15, 0.2) is 0 Å². The number of sulfonamides is 1. The Balaban J connectivity index is 2.35. The van der Waals surface area contributed by atoms with Crippen molar-refractivity contribution in [1.29, 1.82) is 0 Å². The van der Waals surface area contributed by atoms with Crippen LogP contribution in [0.15, 0.2) is 53.4 Å². The molecule has 2 aromatic carbocycles. The number of rotatable bonds is 7. The molecule has 0 radical (unpaired) electrons. The number of non-ortho nitro benzene ring substituents is 1. The van der Waals surface area contributed by atoms with Crippen molar-refractivity contribution in [1.82, 2.24) is 4.31 Å². The molecule has 25 heavy (non-hydrogen) atoms. The molecule has 0 fully saturated rings. The highest BCUT2D eigenvalue weighted by Gasteiger charge is 2.27. The molecule has 0 heterocycles. The van der Waals surface area contributed by atoms with Crippen LogP contribution >= 0.6 is 11.6 Å². The largest absolute Gasteiger partial charge is 0.480 e. The van der Waals surface area contributed by atoms with E-state index in [2.05, 4.69) is 0 Å². The van der Waals surface area contributed by atoms with Gasteiger partial charge in [-0.25, -0.2) is 8.42 Å². The molecule has 8 nitrogen and oxygen atoms in total. The van der Waals surface area contributed by atoms with Crippen LogP contribution in [0.1, 0.15) is 5.56 Å². The van der Waals surface area contributed by atoms with E-state index in [0.717, 1.165) is 28.6 Å². The first-order valence-electron chi connectivity index (χ1n) is 6.91. The third kappa shape index (κ3) is 4.75. The van der Waals surface area contributed by atoms with E-state index < -0.39 is 27.5 Å². The van der Waals surface area contributed by atoms with E-state index in [-0.39, 0.29) is 17.1 Å². The van der Waals surface area contributed by atoms with E-state index >= 15 is 0 Å². The molecule has 0 aliphatic heterocycles. The van der Waals surface area contributed by atoms with Crippen LogP contribution < -0.4 is 0 Å². The molecule has 0 amide bonds. The Kier molecular flexibility index (Phi) is 5.73. The van der Waals surface area contributed by atoms with E-state index in [9.17, 15) is 23.3 Å². The first kappa shape index (κ1) is 18.8. The average Bonchev–Trinajstić information content (AvgIpc) is 2.56. The Morgan fingerprint density at radius 2 is 1.68 bits per heavy atom. The maximum atomic E-state index is 12.7. The van der Waals surface area contributed by atoms with Crippen LogP contribution in [-0.4, -0.2) is 35.3 Å². The van der Waals surface area contributed by atoms with Crippen LogP contribution in [0.5, 0.6) is 0 Å². The average molecular weight is 385 g/mol. The molecular weight excluding hydrogens is 372 g/mol. The van der Waals surface area contributed by atoms with Crippen molar-refractivity contribution in [2.75, 3.05) is 6.54 Å². The summed E-state index contributed by atoms with van der Waals surface area (Å²) in [6.07, 6.45) is 0. The van der Waals surface area contributed by atoms with Crippen LogP contribution in [0, 0.1) is 10.1 Å². The quantitative estimate of drug-likeness (QED) is 0.578. The molecule has 132 valence electrons. The van der Waals surface area contributed by atoms with Gasteiger partial charge in [-0.3, -0.25) is 14.9 Å². The monoisotopic (exact) mass is 384 g/mol. The van der Waals surface area contributed by atoms with E-state index in [1.165, 1.54) is 0 Å². The maximum absolute atomic E-state index is 12.7. The number of nitro benzene ring substituents is 1. The summed E-state index contributed by atoms with van der Waals surface area (Å²) in [6.45, 7) is -0.926.